The third-order valence-electron chi connectivity index (χ3n) is 4.07. The highest BCUT2D eigenvalue weighted by atomic mass is 127. The smallest absolute Gasteiger partial charge is 0.251 e. The Hall–Kier alpha value is -1.61. The number of nitrogens with zero attached hydrogens (tertiary/aromatic N) is 2. The molecule has 1 aromatic carbocycles. The Morgan fingerprint density at radius 1 is 1.23 bits per heavy atom. The van der Waals surface area contributed by atoms with Crippen LogP contribution in [0.4, 0.5) is 0 Å². The van der Waals surface area contributed by atoms with E-state index in [2.05, 4.69) is 33.1 Å². The van der Waals surface area contributed by atoms with Gasteiger partial charge in [-0.2, -0.15) is 0 Å². The minimum atomic E-state index is -0.0387. The van der Waals surface area contributed by atoms with E-state index < -0.39 is 0 Å². The second kappa shape index (κ2) is 11.9. The minimum absolute atomic E-state index is 0. The second-order valence-electron chi connectivity index (χ2n) is 6.47. The van der Waals surface area contributed by atoms with Crippen molar-refractivity contribution in [1.29, 1.82) is 0 Å². The highest BCUT2D eigenvalue weighted by molar-refractivity contribution is 14.0. The van der Waals surface area contributed by atoms with Crippen molar-refractivity contribution in [3.63, 3.8) is 0 Å². The second-order valence-corrected chi connectivity index (χ2v) is 6.47. The van der Waals surface area contributed by atoms with Crippen molar-refractivity contribution in [2.75, 3.05) is 34.2 Å². The molecule has 0 unspecified atom stereocenters. The van der Waals surface area contributed by atoms with Gasteiger partial charge in [0.25, 0.3) is 5.91 Å². The quantitative estimate of drug-likeness (QED) is 0.246. The molecular formula is C19H30IN5O. The molecule has 0 saturated carbocycles. The van der Waals surface area contributed by atoms with Crippen LogP contribution in [0, 0.1) is 0 Å². The number of carbonyl (C=O) groups is 1. The summed E-state index contributed by atoms with van der Waals surface area (Å²) in [5.74, 6) is 0.748. The summed E-state index contributed by atoms with van der Waals surface area (Å²) in [7, 11) is 5.74. The summed E-state index contributed by atoms with van der Waals surface area (Å²) in [6.45, 7) is 2.09. The molecule has 0 spiro atoms. The maximum Gasteiger partial charge on any atom is 0.251 e. The van der Waals surface area contributed by atoms with E-state index in [0.29, 0.717) is 24.7 Å². The fraction of sp³-hybridized carbons (Fsp3) is 0.474. The van der Waals surface area contributed by atoms with Crippen LogP contribution in [0.25, 0.3) is 0 Å². The molecule has 0 saturated heterocycles. The van der Waals surface area contributed by atoms with Crippen molar-refractivity contribution in [3.05, 3.63) is 47.5 Å². The lowest BCUT2D eigenvalue weighted by Crippen LogP contribution is -2.42. The van der Waals surface area contributed by atoms with Gasteiger partial charge in [0.05, 0.1) is 0 Å². The number of amides is 1. The predicted molar refractivity (Wildman–Crippen MR) is 118 cm³/mol. The van der Waals surface area contributed by atoms with Crippen molar-refractivity contribution in [3.8, 4) is 0 Å². The molecule has 0 atom stereocenters. The molecule has 26 heavy (non-hydrogen) atoms. The number of rotatable bonds is 7. The number of aliphatic imine (C=N–C) groups is 1. The SMILES string of the molecule is CN=C(NCc1cccc(C(=O)NCCN(C)C)c1)NC1CC=CC1.I. The molecule has 1 aliphatic carbocycles. The molecule has 2 rings (SSSR count). The zero-order valence-corrected chi connectivity index (χ0v) is 18.1. The highest BCUT2D eigenvalue weighted by Gasteiger charge is 2.11. The van der Waals surface area contributed by atoms with E-state index in [1.165, 1.54) is 0 Å². The van der Waals surface area contributed by atoms with Crippen molar-refractivity contribution in [1.82, 2.24) is 20.9 Å². The van der Waals surface area contributed by atoms with Gasteiger partial charge < -0.3 is 20.9 Å². The average molecular weight is 471 g/mol. The van der Waals surface area contributed by atoms with Gasteiger partial charge in [-0.25, -0.2) is 0 Å². The first-order chi connectivity index (χ1) is 12.1. The van der Waals surface area contributed by atoms with Gasteiger partial charge in [-0.3, -0.25) is 9.79 Å². The number of likely N-dealkylation sites (N-methyl/N-ethyl adjacent to an activating group) is 1. The van der Waals surface area contributed by atoms with Crippen LogP contribution in [-0.4, -0.2) is 57.0 Å². The molecule has 0 bridgehead atoms. The molecular weight excluding hydrogens is 441 g/mol. The van der Waals surface area contributed by atoms with E-state index in [1.54, 1.807) is 7.05 Å². The van der Waals surface area contributed by atoms with E-state index in [0.717, 1.165) is 30.9 Å². The van der Waals surface area contributed by atoms with Gasteiger partial charge >= 0.3 is 0 Å². The van der Waals surface area contributed by atoms with Gasteiger partial charge in [0.1, 0.15) is 0 Å². The fourth-order valence-corrected chi connectivity index (χ4v) is 2.63. The average Bonchev–Trinajstić information content (AvgIpc) is 3.11. The minimum Gasteiger partial charge on any atom is -0.353 e. The number of benzene rings is 1. The monoisotopic (exact) mass is 471 g/mol. The number of hydrogen-bond donors (Lipinski definition) is 3. The zero-order chi connectivity index (χ0) is 18.1. The van der Waals surface area contributed by atoms with Gasteiger partial charge in [0.2, 0.25) is 0 Å². The van der Waals surface area contributed by atoms with Crippen LogP contribution >= 0.6 is 24.0 Å². The van der Waals surface area contributed by atoms with Gasteiger partial charge in [-0.05, 0) is 44.6 Å². The summed E-state index contributed by atoms with van der Waals surface area (Å²) in [5.41, 5.74) is 1.73. The molecule has 6 nitrogen and oxygen atoms in total. The summed E-state index contributed by atoms with van der Waals surface area (Å²) in [4.78, 5) is 18.5. The Morgan fingerprint density at radius 3 is 2.62 bits per heavy atom. The molecule has 0 fully saturated rings. The molecule has 0 radical (unpaired) electrons. The topological polar surface area (TPSA) is 68.8 Å². The van der Waals surface area contributed by atoms with Gasteiger partial charge in [-0.15, -0.1) is 24.0 Å². The highest BCUT2D eigenvalue weighted by Crippen LogP contribution is 2.09. The largest absolute Gasteiger partial charge is 0.353 e. The molecule has 0 heterocycles. The number of nitrogens with one attached hydrogen (secondary N) is 3. The predicted octanol–water partition coefficient (Wildman–Crippen LogP) is 1.98. The number of hydrogen-bond acceptors (Lipinski definition) is 3. The van der Waals surface area contributed by atoms with Crippen LogP contribution in [-0.2, 0) is 6.54 Å². The maximum atomic E-state index is 12.2. The first kappa shape index (κ1) is 22.4. The molecule has 1 aliphatic rings. The summed E-state index contributed by atoms with van der Waals surface area (Å²) in [5, 5.41) is 9.65. The third kappa shape index (κ3) is 7.74. The van der Waals surface area contributed by atoms with Crippen LogP contribution in [0.5, 0.6) is 0 Å². The van der Waals surface area contributed by atoms with Crippen molar-refractivity contribution in [2.45, 2.75) is 25.4 Å². The molecule has 7 heteroatoms. The lowest BCUT2D eigenvalue weighted by atomic mass is 10.1. The summed E-state index contributed by atoms with van der Waals surface area (Å²) >= 11 is 0. The Morgan fingerprint density at radius 2 is 1.96 bits per heavy atom. The van der Waals surface area contributed by atoms with Crippen LogP contribution in [0.3, 0.4) is 0 Å². The molecule has 144 valence electrons. The first-order valence-corrected chi connectivity index (χ1v) is 8.72. The molecule has 0 aromatic heterocycles. The standard InChI is InChI=1S/C19H29N5O.HI/c1-20-19(23-17-9-4-5-10-17)22-14-15-7-6-8-16(13-15)18(25)21-11-12-24(2)3;/h4-8,13,17H,9-12,14H2,1-3H3,(H,21,25)(H2,20,22,23);1H. The summed E-state index contributed by atoms with van der Waals surface area (Å²) < 4.78 is 0. The van der Waals surface area contributed by atoms with Crippen molar-refractivity contribution >= 4 is 35.8 Å². The molecule has 1 amide bonds. The number of halogens is 1. The van der Waals surface area contributed by atoms with Gasteiger partial charge in [-0.1, -0.05) is 24.3 Å². The van der Waals surface area contributed by atoms with Crippen LogP contribution < -0.4 is 16.0 Å². The number of guanidine groups is 1. The van der Waals surface area contributed by atoms with E-state index in [-0.39, 0.29) is 29.9 Å². The van der Waals surface area contributed by atoms with E-state index >= 15 is 0 Å². The van der Waals surface area contributed by atoms with Gasteiger partial charge in [0.15, 0.2) is 5.96 Å². The lowest BCUT2D eigenvalue weighted by Gasteiger charge is -2.17. The fourth-order valence-electron chi connectivity index (χ4n) is 2.63. The van der Waals surface area contributed by atoms with E-state index in [1.807, 2.05) is 43.3 Å². The third-order valence-corrected chi connectivity index (χ3v) is 4.07. The molecule has 0 aliphatic heterocycles. The lowest BCUT2D eigenvalue weighted by molar-refractivity contribution is 0.0951. The van der Waals surface area contributed by atoms with Crippen LogP contribution in [0.15, 0.2) is 41.4 Å². The molecule has 3 N–H and O–H groups in total. The normalized spacial score (nSPS) is 14.2. The Kier molecular flexibility index (Phi) is 10.3. The Labute approximate surface area is 173 Å². The van der Waals surface area contributed by atoms with E-state index in [9.17, 15) is 4.79 Å². The van der Waals surface area contributed by atoms with E-state index in [4.69, 9.17) is 0 Å². The Balaban J connectivity index is 0.00000338. The molecule has 1 aromatic rings. The Bertz CT molecular complexity index is 622. The van der Waals surface area contributed by atoms with Crippen molar-refractivity contribution < 1.29 is 4.79 Å². The maximum absolute atomic E-state index is 12.2. The zero-order valence-electron chi connectivity index (χ0n) is 15.8. The summed E-state index contributed by atoms with van der Waals surface area (Å²) in [6, 6.07) is 8.09. The number of carbonyl (C=O) groups excluding carboxylic acids is 1. The van der Waals surface area contributed by atoms with Crippen LogP contribution in [0.2, 0.25) is 0 Å². The first-order valence-electron chi connectivity index (χ1n) is 8.72. The van der Waals surface area contributed by atoms with Crippen LogP contribution in [0.1, 0.15) is 28.8 Å². The van der Waals surface area contributed by atoms with Crippen molar-refractivity contribution in [2.24, 2.45) is 4.99 Å². The summed E-state index contributed by atoms with van der Waals surface area (Å²) in [6.07, 6.45) is 6.43. The van der Waals surface area contributed by atoms with Gasteiger partial charge in [0, 0.05) is 38.3 Å².